The highest BCUT2D eigenvalue weighted by molar-refractivity contribution is 5.94. The average molecular weight is 389 g/mol. The van der Waals surface area contributed by atoms with Crippen LogP contribution in [0.1, 0.15) is 27.5 Å². The van der Waals surface area contributed by atoms with Crippen molar-refractivity contribution in [1.82, 2.24) is 5.32 Å². The number of alkyl halides is 6. The van der Waals surface area contributed by atoms with Crippen molar-refractivity contribution in [3.63, 3.8) is 0 Å². The number of hydrogen-bond donors (Lipinski definition) is 1. The van der Waals surface area contributed by atoms with Gasteiger partial charge in [-0.2, -0.15) is 22.0 Å². The number of fused-ring (bicyclic) bond motifs is 1. The topological polar surface area (TPSA) is 38.3 Å². The SMILES string of the molecule is O=C(NC1c2ccccc2OCC1F)c1ccc(C(F)(F)C(F)(F)F)cc1. The zero-order chi connectivity index (χ0) is 19.8. The monoisotopic (exact) mass is 389 g/mol. The molecular formula is C18H13F6NO2. The van der Waals surface area contributed by atoms with Crippen molar-refractivity contribution < 1.29 is 35.9 Å². The lowest BCUT2D eigenvalue weighted by Crippen LogP contribution is -2.40. The van der Waals surface area contributed by atoms with Crippen LogP contribution in [0.2, 0.25) is 0 Å². The predicted molar refractivity (Wildman–Crippen MR) is 83.4 cm³/mol. The summed E-state index contributed by atoms with van der Waals surface area (Å²) in [5, 5.41) is 2.43. The van der Waals surface area contributed by atoms with E-state index in [2.05, 4.69) is 5.32 Å². The van der Waals surface area contributed by atoms with Gasteiger partial charge >= 0.3 is 12.1 Å². The predicted octanol–water partition coefficient (Wildman–Crippen LogP) is 4.54. The zero-order valence-corrected chi connectivity index (χ0v) is 13.6. The van der Waals surface area contributed by atoms with E-state index in [9.17, 15) is 31.1 Å². The van der Waals surface area contributed by atoms with Crippen LogP contribution in [0.3, 0.4) is 0 Å². The number of benzene rings is 2. The molecule has 2 aromatic rings. The maximum absolute atomic E-state index is 14.2. The molecule has 0 saturated carbocycles. The lowest BCUT2D eigenvalue weighted by atomic mass is 9.98. The van der Waals surface area contributed by atoms with Gasteiger partial charge in [-0.25, -0.2) is 4.39 Å². The number of halogens is 6. The van der Waals surface area contributed by atoms with Crippen LogP contribution in [0.4, 0.5) is 26.3 Å². The number of carbonyl (C=O) groups excluding carboxylic acids is 1. The van der Waals surface area contributed by atoms with Gasteiger partial charge < -0.3 is 10.1 Å². The van der Waals surface area contributed by atoms with E-state index in [1.807, 2.05) is 0 Å². The third kappa shape index (κ3) is 3.58. The Kier molecular flexibility index (Phi) is 4.79. The summed E-state index contributed by atoms with van der Waals surface area (Å²) in [7, 11) is 0. The third-order valence-corrected chi connectivity index (χ3v) is 4.17. The van der Waals surface area contributed by atoms with Gasteiger partial charge in [0.05, 0.1) is 6.04 Å². The summed E-state index contributed by atoms with van der Waals surface area (Å²) in [6.45, 7) is -0.279. The summed E-state index contributed by atoms with van der Waals surface area (Å²) in [5.74, 6) is -5.44. The van der Waals surface area contributed by atoms with Crippen molar-refractivity contribution in [3.8, 4) is 5.75 Å². The van der Waals surface area contributed by atoms with Crippen LogP contribution >= 0.6 is 0 Å². The van der Waals surface area contributed by atoms with Crippen LogP contribution in [0.5, 0.6) is 5.75 Å². The van der Waals surface area contributed by atoms with Gasteiger partial charge in [0.1, 0.15) is 12.4 Å². The van der Waals surface area contributed by atoms with E-state index in [4.69, 9.17) is 4.74 Å². The van der Waals surface area contributed by atoms with Crippen molar-refractivity contribution in [1.29, 1.82) is 0 Å². The van der Waals surface area contributed by atoms with Crippen LogP contribution in [-0.4, -0.2) is 24.9 Å². The van der Waals surface area contributed by atoms with Gasteiger partial charge in [-0.05, 0) is 18.2 Å². The number of nitrogens with one attached hydrogen (secondary N) is 1. The van der Waals surface area contributed by atoms with Gasteiger partial charge in [0.15, 0.2) is 6.17 Å². The molecule has 0 spiro atoms. The van der Waals surface area contributed by atoms with Crippen molar-refractivity contribution in [2.24, 2.45) is 0 Å². The second-order valence-corrected chi connectivity index (χ2v) is 5.97. The normalized spacial score (nSPS) is 19.8. The molecule has 0 radical (unpaired) electrons. The summed E-state index contributed by atoms with van der Waals surface area (Å²) in [5.41, 5.74) is -1.05. The van der Waals surface area contributed by atoms with E-state index in [1.54, 1.807) is 24.3 Å². The van der Waals surface area contributed by atoms with Crippen LogP contribution in [0, 0.1) is 0 Å². The Labute approximate surface area is 149 Å². The molecule has 3 rings (SSSR count). The molecule has 1 heterocycles. The van der Waals surface area contributed by atoms with Crippen molar-refractivity contribution in [3.05, 3.63) is 65.2 Å². The van der Waals surface area contributed by atoms with Crippen molar-refractivity contribution >= 4 is 5.91 Å². The number of ether oxygens (including phenoxy) is 1. The molecule has 1 amide bonds. The first-order valence-electron chi connectivity index (χ1n) is 7.83. The second-order valence-electron chi connectivity index (χ2n) is 5.97. The summed E-state index contributed by atoms with van der Waals surface area (Å²) < 4.78 is 83.2. The standard InChI is InChI=1S/C18H13F6NO2/c19-13-9-27-14-4-2-1-3-12(14)15(13)25-16(26)10-5-7-11(8-6-10)17(20,21)18(22,23)24/h1-8,13,15H,9H2,(H,25,26). The van der Waals surface area contributed by atoms with Crippen LogP contribution in [0.15, 0.2) is 48.5 Å². The largest absolute Gasteiger partial charge is 0.490 e. The summed E-state index contributed by atoms with van der Waals surface area (Å²) in [6.07, 6.45) is -7.29. The minimum Gasteiger partial charge on any atom is -0.490 e. The number of amides is 1. The van der Waals surface area contributed by atoms with Gasteiger partial charge in [-0.1, -0.05) is 30.3 Å². The van der Waals surface area contributed by atoms with E-state index < -0.39 is 35.8 Å². The molecule has 0 aromatic heterocycles. The smallest absolute Gasteiger partial charge is 0.458 e. The first kappa shape index (κ1) is 19.1. The Morgan fingerprint density at radius 1 is 1.00 bits per heavy atom. The number of hydrogen-bond acceptors (Lipinski definition) is 2. The Hall–Kier alpha value is -2.71. The molecule has 0 saturated heterocycles. The molecule has 0 aliphatic carbocycles. The molecule has 0 bridgehead atoms. The molecular weight excluding hydrogens is 376 g/mol. The lowest BCUT2D eigenvalue weighted by molar-refractivity contribution is -0.289. The first-order valence-corrected chi connectivity index (χ1v) is 7.83. The molecule has 27 heavy (non-hydrogen) atoms. The molecule has 2 atom stereocenters. The van der Waals surface area contributed by atoms with E-state index >= 15 is 0 Å². The Balaban J connectivity index is 1.80. The maximum atomic E-state index is 14.2. The zero-order valence-electron chi connectivity index (χ0n) is 13.6. The molecule has 1 N–H and O–H groups in total. The van der Waals surface area contributed by atoms with Crippen LogP contribution in [0.25, 0.3) is 0 Å². The van der Waals surface area contributed by atoms with Crippen LogP contribution < -0.4 is 10.1 Å². The maximum Gasteiger partial charge on any atom is 0.458 e. The fraction of sp³-hybridized carbons (Fsp3) is 0.278. The van der Waals surface area contributed by atoms with E-state index in [-0.39, 0.29) is 12.2 Å². The van der Waals surface area contributed by atoms with Gasteiger partial charge in [0.2, 0.25) is 0 Å². The van der Waals surface area contributed by atoms with Gasteiger partial charge in [-0.15, -0.1) is 0 Å². The minimum absolute atomic E-state index is 0.173. The molecule has 0 fully saturated rings. The summed E-state index contributed by atoms with van der Waals surface area (Å²) >= 11 is 0. The van der Waals surface area contributed by atoms with E-state index in [0.29, 0.717) is 23.4 Å². The molecule has 144 valence electrons. The molecule has 2 unspecified atom stereocenters. The number of carbonyl (C=O) groups is 1. The number of para-hydroxylation sites is 1. The highest BCUT2D eigenvalue weighted by Gasteiger charge is 2.58. The van der Waals surface area contributed by atoms with Gasteiger partial charge in [-0.3, -0.25) is 4.79 Å². The van der Waals surface area contributed by atoms with Crippen molar-refractivity contribution in [2.75, 3.05) is 6.61 Å². The quantitative estimate of drug-likeness (QED) is 0.783. The second kappa shape index (κ2) is 6.79. The minimum atomic E-state index is -5.75. The highest BCUT2D eigenvalue weighted by atomic mass is 19.4. The van der Waals surface area contributed by atoms with E-state index in [1.165, 1.54) is 0 Å². The van der Waals surface area contributed by atoms with Crippen LogP contribution in [-0.2, 0) is 5.92 Å². The molecule has 1 aliphatic heterocycles. The molecule has 2 aromatic carbocycles. The van der Waals surface area contributed by atoms with Gasteiger partial charge in [0.25, 0.3) is 5.91 Å². The third-order valence-electron chi connectivity index (χ3n) is 4.17. The van der Waals surface area contributed by atoms with Gasteiger partial charge in [0, 0.05) is 16.7 Å². The molecule has 3 nitrogen and oxygen atoms in total. The fourth-order valence-corrected chi connectivity index (χ4v) is 2.72. The van der Waals surface area contributed by atoms with E-state index in [0.717, 1.165) is 12.1 Å². The summed E-state index contributed by atoms with van der Waals surface area (Å²) in [6, 6.07) is 8.17. The number of rotatable bonds is 3. The first-order chi connectivity index (χ1) is 12.6. The Morgan fingerprint density at radius 3 is 2.26 bits per heavy atom. The van der Waals surface area contributed by atoms with Crippen molar-refractivity contribution in [2.45, 2.75) is 24.3 Å². The highest BCUT2D eigenvalue weighted by Crippen LogP contribution is 2.43. The summed E-state index contributed by atoms with van der Waals surface area (Å²) in [4.78, 5) is 12.3. The lowest BCUT2D eigenvalue weighted by Gasteiger charge is -2.29. The Morgan fingerprint density at radius 2 is 1.63 bits per heavy atom. The fourth-order valence-electron chi connectivity index (χ4n) is 2.72. The molecule has 9 heteroatoms. The average Bonchev–Trinajstić information content (AvgIpc) is 2.63. The molecule has 1 aliphatic rings. The Bertz CT molecular complexity index is 834.